The summed E-state index contributed by atoms with van der Waals surface area (Å²) in [5, 5.41) is 1.03. The van der Waals surface area contributed by atoms with Gasteiger partial charge >= 0.3 is 0 Å². The Balaban J connectivity index is 1.52. The number of pyridine rings is 2. The van der Waals surface area contributed by atoms with E-state index in [4.69, 9.17) is 4.74 Å². The van der Waals surface area contributed by atoms with Crippen LogP contribution in [0.25, 0.3) is 22.2 Å². The Kier molecular flexibility index (Phi) is 5.08. The molecule has 1 aliphatic heterocycles. The minimum atomic E-state index is 0.00292. The number of morpholine rings is 1. The van der Waals surface area contributed by atoms with E-state index in [0.29, 0.717) is 6.54 Å². The van der Waals surface area contributed by atoms with Gasteiger partial charge in [-0.05, 0) is 37.1 Å². The van der Waals surface area contributed by atoms with Crippen LogP contribution < -0.4 is 10.5 Å². The SMILES string of the molecule is Cc1cccc(Cn2c(C)cc(-c3c[nH]c4ncc(N5CCOCC5)cc34)cc2=O)c1. The molecule has 0 aliphatic carbocycles. The van der Waals surface area contributed by atoms with E-state index in [2.05, 4.69) is 52.1 Å². The number of aryl methyl sites for hydroxylation is 2. The number of fused-ring (bicyclic) bond motifs is 1. The number of ether oxygens (including phenoxy) is 1. The summed E-state index contributed by atoms with van der Waals surface area (Å²) >= 11 is 0. The van der Waals surface area contributed by atoms with E-state index in [0.717, 1.165) is 65.4 Å². The van der Waals surface area contributed by atoms with Crippen LogP contribution in [-0.4, -0.2) is 40.8 Å². The molecule has 6 nitrogen and oxygen atoms in total. The number of hydrogen-bond donors (Lipinski definition) is 1. The Morgan fingerprint density at radius 3 is 2.71 bits per heavy atom. The molecular formula is C25H26N4O2. The predicted octanol–water partition coefficient (Wildman–Crippen LogP) is 3.89. The van der Waals surface area contributed by atoms with Crippen LogP contribution in [0.4, 0.5) is 5.69 Å². The van der Waals surface area contributed by atoms with Gasteiger partial charge in [0.25, 0.3) is 5.56 Å². The van der Waals surface area contributed by atoms with Crippen LogP contribution in [-0.2, 0) is 11.3 Å². The van der Waals surface area contributed by atoms with Gasteiger partial charge in [-0.25, -0.2) is 4.98 Å². The standard InChI is InChI=1S/C25H26N4O2/c1-17-4-3-5-19(10-17)16-29-18(2)11-20(12-24(29)30)23-15-27-25-22(23)13-21(14-26-25)28-6-8-31-9-7-28/h3-5,10-15H,6-9,16H2,1-2H3,(H,26,27). The number of nitrogens with zero attached hydrogens (tertiary/aromatic N) is 3. The van der Waals surface area contributed by atoms with Crippen LogP contribution in [0.1, 0.15) is 16.8 Å². The van der Waals surface area contributed by atoms with Crippen molar-refractivity contribution in [3.63, 3.8) is 0 Å². The van der Waals surface area contributed by atoms with Gasteiger partial charge in [0.1, 0.15) is 5.65 Å². The van der Waals surface area contributed by atoms with E-state index in [9.17, 15) is 4.79 Å². The Morgan fingerprint density at radius 1 is 1.10 bits per heavy atom. The third-order valence-electron chi connectivity index (χ3n) is 5.96. The minimum Gasteiger partial charge on any atom is -0.378 e. The summed E-state index contributed by atoms with van der Waals surface area (Å²) in [4.78, 5) is 23.2. The molecule has 0 amide bonds. The lowest BCUT2D eigenvalue weighted by Crippen LogP contribution is -2.36. The predicted molar refractivity (Wildman–Crippen MR) is 124 cm³/mol. The number of aromatic nitrogens is 3. The van der Waals surface area contributed by atoms with Gasteiger partial charge in [0, 0.05) is 42.0 Å². The van der Waals surface area contributed by atoms with Gasteiger partial charge < -0.3 is 19.2 Å². The number of H-pyrrole nitrogens is 1. The fourth-order valence-electron chi connectivity index (χ4n) is 4.31. The zero-order valence-electron chi connectivity index (χ0n) is 17.9. The van der Waals surface area contributed by atoms with Crippen LogP contribution in [0, 0.1) is 13.8 Å². The number of rotatable bonds is 4. The lowest BCUT2D eigenvalue weighted by molar-refractivity contribution is 0.122. The third kappa shape index (κ3) is 3.86. The number of benzene rings is 1. The molecule has 0 radical (unpaired) electrons. The van der Waals surface area contributed by atoms with Crippen molar-refractivity contribution in [2.45, 2.75) is 20.4 Å². The Bertz CT molecular complexity index is 1300. The summed E-state index contributed by atoms with van der Waals surface area (Å²) in [5.41, 5.74) is 7.09. The van der Waals surface area contributed by atoms with E-state index in [-0.39, 0.29) is 5.56 Å². The molecule has 1 N–H and O–H groups in total. The molecule has 31 heavy (non-hydrogen) atoms. The molecule has 1 aliphatic rings. The van der Waals surface area contributed by atoms with E-state index >= 15 is 0 Å². The zero-order chi connectivity index (χ0) is 21.4. The maximum absolute atomic E-state index is 13.0. The van der Waals surface area contributed by atoms with Crippen LogP contribution in [0.5, 0.6) is 0 Å². The van der Waals surface area contributed by atoms with Gasteiger partial charge in [-0.15, -0.1) is 0 Å². The lowest BCUT2D eigenvalue weighted by Gasteiger charge is -2.28. The normalized spacial score (nSPS) is 14.3. The first-order chi connectivity index (χ1) is 15.1. The number of hydrogen-bond acceptors (Lipinski definition) is 4. The first-order valence-electron chi connectivity index (χ1n) is 10.7. The molecule has 0 bridgehead atoms. The van der Waals surface area contributed by atoms with Crippen molar-refractivity contribution in [1.82, 2.24) is 14.5 Å². The molecule has 1 aromatic carbocycles. The fraction of sp³-hybridized carbons (Fsp3) is 0.280. The Hall–Kier alpha value is -3.38. The second-order valence-electron chi connectivity index (χ2n) is 8.19. The highest BCUT2D eigenvalue weighted by molar-refractivity contribution is 5.95. The summed E-state index contributed by atoms with van der Waals surface area (Å²) < 4.78 is 7.29. The van der Waals surface area contributed by atoms with Crippen LogP contribution >= 0.6 is 0 Å². The van der Waals surface area contributed by atoms with Gasteiger partial charge in [0.15, 0.2) is 0 Å². The summed E-state index contributed by atoms with van der Waals surface area (Å²) in [6.45, 7) is 7.82. The molecule has 0 spiro atoms. The minimum absolute atomic E-state index is 0.00292. The fourth-order valence-corrected chi connectivity index (χ4v) is 4.31. The van der Waals surface area contributed by atoms with Gasteiger partial charge in [-0.1, -0.05) is 29.8 Å². The van der Waals surface area contributed by atoms with Crippen molar-refractivity contribution < 1.29 is 4.74 Å². The molecule has 4 heterocycles. The summed E-state index contributed by atoms with van der Waals surface area (Å²) in [6.07, 6.45) is 3.85. The van der Waals surface area contributed by atoms with Crippen molar-refractivity contribution in [1.29, 1.82) is 0 Å². The monoisotopic (exact) mass is 414 g/mol. The van der Waals surface area contributed by atoms with E-state index in [1.807, 2.05) is 30.0 Å². The highest BCUT2D eigenvalue weighted by Crippen LogP contribution is 2.30. The highest BCUT2D eigenvalue weighted by atomic mass is 16.5. The molecule has 0 saturated carbocycles. The van der Waals surface area contributed by atoms with Crippen LogP contribution in [0.15, 0.2) is 59.7 Å². The molecule has 3 aromatic heterocycles. The summed E-state index contributed by atoms with van der Waals surface area (Å²) in [7, 11) is 0. The van der Waals surface area contributed by atoms with E-state index in [1.165, 1.54) is 5.56 Å². The van der Waals surface area contributed by atoms with Crippen molar-refractivity contribution in [2.24, 2.45) is 0 Å². The number of aromatic amines is 1. The summed E-state index contributed by atoms with van der Waals surface area (Å²) in [6, 6.07) is 14.3. The Morgan fingerprint density at radius 2 is 1.94 bits per heavy atom. The maximum Gasteiger partial charge on any atom is 0.251 e. The second kappa shape index (κ2) is 8.04. The molecule has 0 unspecified atom stereocenters. The number of anilines is 1. The molecule has 1 fully saturated rings. The first-order valence-corrected chi connectivity index (χ1v) is 10.7. The zero-order valence-corrected chi connectivity index (χ0v) is 17.9. The lowest BCUT2D eigenvalue weighted by atomic mass is 10.1. The second-order valence-corrected chi connectivity index (χ2v) is 8.19. The van der Waals surface area contributed by atoms with E-state index < -0.39 is 0 Å². The van der Waals surface area contributed by atoms with Crippen LogP contribution in [0.2, 0.25) is 0 Å². The third-order valence-corrected chi connectivity index (χ3v) is 5.96. The van der Waals surface area contributed by atoms with Gasteiger partial charge in [-0.3, -0.25) is 4.79 Å². The van der Waals surface area contributed by atoms with Crippen molar-refractivity contribution in [2.75, 3.05) is 31.2 Å². The molecule has 6 heteroatoms. The number of nitrogens with one attached hydrogen (secondary N) is 1. The molecule has 5 rings (SSSR count). The van der Waals surface area contributed by atoms with Crippen molar-refractivity contribution in [3.8, 4) is 11.1 Å². The van der Waals surface area contributed by atoms with Gasteiger partial charge in [-0.2, -0.15) is 0 Å². The Labute approximate surface area is 181 Å². The average molecular weight is 415 g/mol. The average Bonchev–Trinajstić information content (AvgIpc) is 3.20. The molecule has 4 aromatic rings. The smallest absolute Gasteiger partial charge is 0.251 e. The molecular weight excluding hydrogens is 388 g/mol. The molecule has 158 valence electrons. The van der Waals surface area contributed by atoms with E-state index in [1.54, 1.807) is 6.07 Å². The molecule has 1 saturated heterocycles. The highest BCUT2D eigenvalue weighted by Gasteiger charge is 2.15. The van der Waals surface area contributed by atoms with Crippen molar-refractivity contribution >= 4 is 16.7 Å². The molecule has 0 atom stereocenters. The quantitative estimate of drug-likeness (QED) is 0.550. The largest absolute Gasteiger partial charge is 0.378 e. The van der Waals surface area contributed by atoms with Gasteiger partial charge in [0.2, 0.25) is 0 Å². The topological polar surface area (TPSA) is 63.1 Å². The van der Waals surface area contributed by atoms with Crippen molar-refractivity contribution in [3.05, 3.63) is 82.0 Å². The first kappa shape index (κ1) is 19.6. The maximum atomic E-state index is 13.0. The summed E-state index contributed by atoms with van der Waals surface area (Å²) in [5.74, 6) is 0. The van der Waals surface area contributed by atoms with Gasteiger partial charge in [0.05, 0.1) is 31.6 Å². The van der Waals surface area contributed by atoms with Crippen LogP contribution in [0.3, 0.4) is 0 Å².